The molecule has 0 aliphatic carbocycles. The molecule has 0 aromatic carbocycles. The highest BCUT2D eigenvalue weighted by Gasteiger charge is 2.38. The Morgan fingerprint density at radius 2 is 2.06 bits per heavy atom. The van der Waals surface area contributed by atoms with Crippen molar-refractivity contribution in [3.63, 3.8) is 0 Å². The van der Waals surface area contributed by atoms with Crippen LogP contribution in [0.15, 0.2) is 0 Å². The molecular weight excluding hydrogens is 204 g/mol. The third-order valence-electron chi connectivity index (χ3n) is 3.82. The second kappa shape index (κ2) is 4.94. The van der Waals surface area contributed by atoms with Gasteiger partial charge in [0.15, 0.2) is 0 Å². The molecule has 2 heterocycles. The molecule has 0 amide bonds. The normalized spacial score (nSPS) is 34.4. The van der Waals surface area contributed by atoms with Crippen LogP contribution in [0.2, 0.25) is 0 Å². The minimum atomic E-state index is 0.156. The molecule has 2 aliphatic heterocycles. The SMILES string of the molecule is CN1C2COCC1CC(C(=O)CCC#N)C2. The lowest BCUT2D eigenvalue weighted by molar-refractivity contribution is -0.131. The fourth-order valence-electron chi connectivity index (χ4n) is 2.74. The van der Waals surface area contributed by atoms with Crippen LogP contribution in [0.3, 0.4) is 0 Å². The second-order valence-corrected chi connectivity index (χ2v) is 4.80. The summed E-state index contributed by atoms with van der Waals surface area (Å²) in [5, 5.41) is 8.49. The van der Waals surface area contributed by atoms with Gasteiger partial charge in [-0.25, -0.2) is 0 Å². The molecule has 0 saturated carbocycles. The Labute approximate surface area is 96.2 Å². The summed E-state index contributed by atoms with van der Waals surface area (Å²) in [6.45, 7) is 1.49. The van der Waals surface area contributed by atoms with Gasteiger partial charge in [0.2, 0.25) is 0 Å². The zero-order chi connectivity index (χ0) is 11.5. The Kier molecular flexibility index (Phi) is 3.57. The van der Waals surface area contributed by atoms with E-state index in [9.17, 15) is 4.79 Å². The first-order valence-corrected chi connectivity index (χ1v) is 5.91. The molecule has 4 nitrogen and oxygen atoms in total. The molecule has 0 N–H and O–H groups in total. The smallest absolute Gasteiger partial charge is 0.137 e. The molecule has 2 atom stereocenters. The van der Waals surface area contributed by atoms with Crippen molar-refractivity contribution in [1.29, 1.82) is 5.26 Å². The standard InChI is InChI=1S/C12H18N2O2/c1-14-10-5-9(12(15)3-2-4-13)6-11(14)8-16-7-10/h9-11H,2-3,5-8H2,1H3. The number of hydrogen-bond donors (Lipinski definition) is 0. The Morgan fingerprint density at radius 3 is 2.62 bits per heavy atom. The van der Waals surface area contributed by atoms with E-state index >= 15 is 0 Å². The molecule has 4 heteroatoms. The highest BCUT2D eigenvalue weighted by atomic mass is 16.5. The van der Waals surface area contributed by atoms with E-state index in [0.29, 0.717) is 24.9 Å². The van der Waals surface area contributed by atoms with Crippen molar-refractivity contribution in [2.45, 2.75) is 37.8 Å². The quantitative estimate of drug-likeness (QED) is 0.714. The number of ketones is 1. The van der Waals surface area contributed by atoms with Gasteiger partial charge in [0.05, 0.1) is 19.3 Å². The second-order valence-electron chi connectivity index (χ2n) is 4.80. The van der Waals surface area contributed by atoms with E-state index in [1.54, 1.807) is 0 Å². The molecule has 2 saturated heterocycles. The number of nitriles is 1. The third-order valence-corrected chi connectivity index (χ3v) is 3.82. The van der Waals surface area contributed by atoms with E-state index in [2.05, 4.69) is 11.9 Å². The zero-order valence-electron chi connectivity index (χ0n) is 9.69. The third kappa shape index (κ3) is 2.26. The molecule has 0 radical (unpaired) electrons. The maximum absolute atomic E-state index is 11.9. The number of Topliss-reactive ketones (excluding diaryl/α,β-unsaturated/α-hetero) is 1. The Morgan fingerprint density at radius 1 is 1.44 bits per heavy atom. The van der Waals surface area contributed by atoms with Crippen LogP contribution >= 0.6 is 0 Å². The van der Waals surface area contributed by atoms with E-state index in [4.69, 9.17) is 10.00 Å². The number of piperidine rings is 1. The summed E-state index contributed by atoms with van der Waals surface area (Å²) < 4.78 is 5.51. The molecule has 2 bridgehead atoms. The van der Waals surface area contributed by atoms with Crippen molar-refractivity contribution in [3.8, 4) is 6.07 Å². The maximum atomic E-state index is 11.9. The van der Waals surface area contributed by atoms with Gasteiger partial charge in [0, 0.05) is 30.8 Å². The van der Waals surface area contributed by atoms with Gasteiger partial charge in [-0.15, -0.1) is 0 Å². The van der Waals surface area contributed by atoms with Crippen LogP contribution in [0.25, 0.3) is 0 Å². The van der Waals surface area contributed by atoms with E-state index in [1.165, 1.54) is 0 Å². The van der Waals surface area contributed by atoms with Crippen molar-refractivity contribution >= 4 is 5.78 Å². The van der Waals surface area contributed by atoms with Gasteiger partial charge in [-0.2, -0.15) is 5.26 Å². The number of rotatable bonds is 3. The van der Waals surface area contributed by atoms with Crippen LogP contribution in [-0.2, 0) is 9.53 Å². The lowest BCUT2D eigenvalue weighted by Crippen LogP contribution is -2.55. The number of nitrogens with zero attached hydrogens (tertiary/aromatic N) is 2. The Bertz CT molecular complexity index is 297. The van der Waals surface area contributed by atoms with Gasteiger partial charge >= 0.3 is 0 Å². The molecule has 88 valence electrons. The topological polar surface area (TPSA) is 53.3 Å². The van der Waals surface area contributed by atoms with Gasteiger partial charge in [0.1, 0.15) is 5.78 Å². The first kappa shape index (κ1) is 11.6. The van der Waals surface area contributed by atoms with Gasteiger partial charge in [-0.05, 0) is 19.9 Å². The van der Waals surface area contributed by atoms with E-state index in [-0.39, 0.29) is 11.7 Å². The first-order valence-electron chi connectivity index (χ1n) is 5.91. The summed E-state index contributed by atoms with van der Waals surface area (Å²) >= 11 is 0. The molecule has 0 aromatic heterocycles. The van der Waals surface area contributed by atoms with Crippen molar-refractivity contribution in [3.05, 3.63) is 0 Å². The van der Waals surface area contributed by atoms with Crippen LogP contribution < -0.4 is 0 Å². The number of hydrogen-bond acceptors (Lipinski definition) is 4. The zero-order valence-corrected chi connectivity index (χ0v) is 9.69. The lowest BCUT2D eigenvalue weighted by atomic mass is 9.82. The van der Waals surface area contributed by atoms with Crippen molar-refractivity contribution < 1.29 is 9.53 Å². The van der Waals surface area contributed by atoms with Crippen molar-refractivity contribution in [1.82, 2.24) is 4.90 Å². The molecular formula is C12H18N2O2. The van der Waals surface area contributed by atoms with E-state index in [0.717, 1.165) is 26.1 Å². The largest absolute Gasteiger partial charge is 0.378 e. The van der Waals surface area contributed by atoms with Gasteiger partial charge in [-0.3, -0.25) is 9.69 Å². The van der Waals surface area contributed by atoms with Gasteiger partial charge in [-0.1, -0.05) is 0 Å². The Balaban J connectivity index is 1.94. The molecule has 16 heavy (non-hydrogen) atoms. The molecule has 0 spiro atoms. The lowest BCUT2D eigenvalue weighted by Gasteiger charge is -2.46. The van der Waals surface area contributed by atoms with Crippen LogP contribution in [0, 0.1) is 17.2 Å². The predicted octanol–water partition coefficient (Wildman–Crippen LogP) is 0.968. The monoisotopic (exact) mass is 222 g/mol. The number of carbonyl (C=O) groups is 1. The fraction of sp³-hybridized carbons (Fsp3) is 0.833. The van der Waals surface area contributed by atoms with E-state index < -0.39 is 0 Å². The average molecular weight is 222 g/mol. The number of ether oxygens (including phenoxy) is 1. The summed E-state index contributed by atoms with van der Waals surface area (Å²) in [6.07, 6.45) is 2.58. The minimum absolute atomic E-state index is 0.156. The molecule has 2 aliphatic rings. The van der Waals surface area contributed by atoms with Crippen molar-refractivity contribution in [2.24, 2.45) is 5.92 Å². The van der Waals surface area contributed by atoms with Crippen molar-refractivity contribution in [2.75, 3.05) is 20.3 Å². The summed E-state index contributed by atoms with van der Waals surface area (Å²) in [4.78, 5) is 14.2. The molecule has 2 unspecified atom stereocenters. The average Bonchev–Trinajstić information content (AvgIpc) is 2.25. The van der Waals surface area contributed by atoms with Crippen LogP contribution in [0.4, 0.5) is 0 Å². The minimum Gasteiger partial charge on any atom is -0.378 e. The van der Waals surface area contributed by atoms with Gasteiger partial charge < -0.3 is 4.74 Å². The number of carbonyl (C=O) groups excluding carboxylic acids is 1. The molecule has 2 fully saturated rings. The number of fused-ring (bicyclic) bond motifs is 2. The summed E-state index contributed by atoms with van der Waals surface area (Å²) in [5.41, 5.74) is 0. The highest BCUT2D eigenvalue weighted by Crippen LogP contribution is 2.31. The van der Waals surface area contributed by atoms with Crippen LogP contribution in [0.5, 0.6) is 0 Å². The number of likely N-dealkylation sites (N-methyl/N-ethyl adjacent to an activating group) is 1. The number of morpholine rings is 1. The van der Waals surface area contributed by atoms with Crippen LogP contribution in [-0.4, -0.2) is 43.0 Å². The maximum Gasteiger partial charge on any atom is 0.137 e. The fourth-order valence-corrected chi connectivity index (χ4v) is 2.74. The summed E-state index contributed by atoms with van der Waals surface area (Å²) in [5.74, 6) is 0.426. The van der Waals surface area contributed by atoms with Crippen LogP contribution in [0.1, 0.15) is 25.7 Å². The first-order chi connectivity index (χ1) is 7.72. The molecule has 2 rings (SSSR count). The predicted molar refractivity (Wildman–Crippen MR) is 58.7 cm³/mol. The highest BCUT2D eigenvalue weighted by molar-refractivity contribution is 5.81. The van der Waals surface area contributed by atoms with E-state index in [1.807, 2.05) is 6.07 Å². The van der Waals surface area contributed by atoms with Gasteiger partial charge in [0.25, 0.3) is 0 Å². The molecule has 0 aromatic rings. The Hall–Kier alpha value is -0.920. The summed E-state index contributed by atoms with van der Waals surface area (Å²) in [6, 6.07) is 2.83. The summed E-state index contributed by atoms with van der Waals surface area (Å²) in [7, 11) is 2.12.